The lowest BCUT2D eigenvalue weighted by atomic mass is 10.2. The van der Waals surface area contributed by atoms with Crippen molar-refractivity contribution >= 4 is 45.1 Å². The molecule has 2 heterocycles. The highest BCUT2D eigenvalue weighted by Crippen LogP contribution is 2.31. The zero-order valence-electron chi connectivity index (χ0n) is 14.0. The van der Waals surface area contributed by atoms with Gasteiger partial charge in [0.15, 0.2) is 15.8 Å². The fourth-order valence-corrected chi connectivity index (χ4v) is 4.31. The highest BCUT2D eigenvalue weighted by atomic mass is 32.2. The number of thioether (sulfide) groups is 1. The number of ether oxygens (including phenoxy) is 2. The van der Waals surface area contributed by atoms with Crippen molar-refractivity contribution in [2.45, 2.75) is 10.4 Å². The van der Waals surface area contributed by atoms with Crippen molar-refractivity contribution in [2.75, 3.05) is 12.4 Å². The van der Waals surface area contributed by atoms with Crippen molar-refractivity contribution in [3.63, 3.8) is 0 Å². The van der Waals surface area contributed by atoms with Gasteiger partial charge in [0.05, 0.1) is 16.0 Å². The molecule has 138 valence electrons. The van der Waals surface area contributed by atoms with Crippen LogP contribution in [0.2, 0.25) is 0 Å². The Kier molecular flexibility index (Phi) is 5.12. The number of hydrazine groups is 1. The monoisotopic (exact) mass is 401 g/mol. The second-order valence-electron chi connectivity index (χ2n) is 5.64. The van der Waals surface area contributed by atoms with E-state index in [0.29, 0.717) is 11.5 Å². The number of amides is 2. The van der Waals surface area contributed by atoms with Gasteiger partial charge in [-0.15, -0.1) is 11.3 Å². The minimum Gasteiger partial charge on any atom is -0.485 e. The van der Waals surface area contributed by atoms with E-state index in [1.165, 1.54) is 23.1 Å². The Balaban J connectivity index is 1.25. The third-order valence-electron chi connectivity index (χ3n) is 3.73. The van der Waals surface area contributed by atoms with Gasteiger partial charge in [-0.2, -0.15) is 0 Å². The molecule has 1 atom stereocenters. The van der Waals surface area contributed by atoms with Crippen molar-refractivity contribution in [3.8, 4) is 11.5 Å². The molecule has 2 N–H and O–H groups in total. The van der Waals surface area contributed by atoms with Crippen LogP contribution in [0.5, 0.6) is 11.5 Å². The summed E-state index contributed by atoms with van der Waals surface area (Å²) in [5, 5.41) is 0. The number of carbonyl (C=O) groups excluding carboxylic acids is 2. The molecule has 9 heteroatoms. The van der Waals surface area contributed by atoms with Crippen LogP contribution in [0.25, 0.3) is 10.2 Å². The lowest BCUT2D eigenvalue weighted by molar-refractivity contribution is -0.134. The Morgan fingerprint density at radius 1 is 1.11 bits per heavy atom. The summed E-state index contributed by atoms with van der Waals surface area (Å²) in [5.41, 5.74) is 5.67. The van der Waals surface area contributed by atoms with Crippen molar-refractivity contribution in [3.05, 3.63) is 48.5 Å². The number of para-hydroxylation sites is 3. The van der Waals surface area contributed by atoms with Crippen LogP contribution >= 0.6 is 23.1 Å². The van der Waals surface area contributed by atoms with Crippen molar-refractivity contribution in [2.24, 2.45) is 0 Å². The summed E-state index contributed by atoms with van der Waals surface area (Å²) < 4.78 is 13.0. The third kappa shape index (κ3) is 4.15. The van der Waals surface area contributed by atoms with E-state index in [2.05, 4.69) is 15.8 Å². The third-order valence-corrected chi connectivity index (χ3v) is 5.91. The predicted octanol–water partition coefficient (Wildman–Crippen LogP) is 2.38. The second-order valence-corrected chi connectivity index (χ2v) is 7.89. The number of benzene rings is 2. The first-order chi connectivity index (χ1) is 13.2. The maximum absolute atomic E-state index is 12.2. The smallest absolute Gasteiger partial charge is 0.283 e. The van der Waals surface area contributed by atoms with Crippen LogP contribution in [-0.2, 0) is 9.59 Å². The van der Waals surface area contributed by atoms with Crippen molar-refractivity contribution < 1.29 is 19.1 Å². The van der Waals surface area contributed by atoms with Crippen molar-refractivity contribution in [1.29, 1.82) is 0 Å². The highest BCUT2D eigenvalue weighted by Gasteiger charge is 2.27. The number of fused-ring (bicyclic) bond motifs is 2. The topological polar surface area (TPSA) is 89.6 Å². The first kappa shape index (κ1) is 17.6. The molecule has 0 spiro atoms. The molecule has 2 aromatic carbocycles. The molecule has 2 amide bonds. The molecule has 0 saturated carbocycles. The Hall–Kier alpha value is -2.78. The highest BCUT2D eigenvalue weighted by molar-refractivity contribution is 8.01. The summed E-state index contributed by atoms with van der Waals surface area (Å²) in [7, 11) is 0. The molecule has 0 radical (unpaired) electrons. The minimum atomic E-state index is -0.822. The Morgan fingerprint density at radius 2 is 1.89 bits per heavy atom. The molecule has 0 bridgehead atoms. The molecule has 0 fully saturated rings. The van der Waals surface area contributed by atoms with Gasteiger partial charge in [-0.05, 0) is 24.3 Å². The van der Waals surface area contributed by atoms with Gasteiger partial charge in [-0.3, -0.25) is 20.4 Å². The molecule has 1 aliphatic heterocycles. The Bertz CT molecular complexity index is 958. The lowest BCUT2D eigenvalue weighted by Crippen LogP contribution is -2.51. The molecule has 4 rings (SSSR count). The predicted molar refractivity (Wildman–Crippen MR) is 103 cm³/mol. The Morgan fingerprint density at radius 3 is 2.74 bits per heavy atom. The van der Waals surface area contributed by atoms with Gasteiger partial charge >= 0.3 is 0 Å². The van der Waals surface area contributed by atoms with Crippen molar-refractivity contribution in [1.82, 2.24) is 15.8 Å². The van der Waals surface area contributed by atoms with Crippen LogP contribution in [0.3, 0.4) is 0 Å². The summed E-state index contributed by atoms with van der Waals surface area (Å²) in [6.07, 6.45) is -0.822. The SMILES string of the molecule is O=C(CSc1nc2ccccc2s1)NNC(=O)[C@@H]1COc2ccccc2O1. The molecule has 1 aromatic heterocycles. The van der Waals surface area contributed by atoms with Crippen LogP contribution < -0.4 is 20.3 Å². The van der Waals surface area contributed by atoms with Crippen LogP contribution in [0.15, 0.2) is 52.9 Å². The number of thiazole rings is 1. The minimum absolute atomic E-state index is 0.0825. The van der Waals surface area contributed by atoms with Gasteiger partial charge in [-0.25, -0.2) is 4.98 Å². The maximum Gasteiger partial charge on any atom is 0.283 e. The number of nitrogens with zero attached hydrogens (tertiary/aromatic N) is 1. The number of rotatable bonds is 4. The summed E-state index contributed by atoms with van der Waals surface area (Å²) in [5.74, 6) is 0.442. The van der Waals surface area contributed by atoms with E-state index in [1.807, 2.05) is 30.3 Å². The molecular weight excluding hydrogens is 386 g/mol. The molecule has 0 saturated heterocycles. The Labute approximate surface area is 163 Å². The number of nitrogens with one attached hydrogen (secondary N) is 2. The van der Waals surface area contributed by atoms with Gasteiger partial charge in [0.2, 0.25) is 12.0 Å². The van der Waals surface area contributed by atoms with Gasteiger partial charge in [0.1, 0.15) is 6.61 Å². The van der Waals surface area contributed by atoms with Gasteiger partial charge in [0.25, 0.3) is 5.91 Å². The number of aromatic nitrogens is 1. The van der Waals surface area contributed by atoms with E-state index in [4.69, 9.17) is 9.47 Å². The maximum atomic E-state index is 12.2. The molecule has 27 heavy (non-hydrogen) atoms. The normalized spacial score (nSPS) is 15.3. The molecule has 3 aromatic rings. The zero-order chi connectivity index (χ0) is 18.6. The summed E-state index contributed by atoms with van der Waals surface area (Å²) in [6, 6.07) is 14.9. The largest absolute Gasteiger partial charge is 0.485 e. The zero-order valence-corrected chi connectivity index (χ0v) is 15.6. The van der Waals surface area contributed by atoms with Crippen LogP contribution in [0, 0.1) is 0 Å². The quantitative estimate of drug-likeness (QED) is 0.515. The second kappa shape index (κ2) is 7.85. The van der Waals surface area contributed by atoms with Crippen LogP contribution in [0.1, 0.15) is 0 Å². The average Bonchev–Trinajstić information content (AvgIpc) is 3.13. The average molecular weight is 401 g/mol. The van der Waals surface area contributed by atoms with E-state index < -0.39 is 12.0 Å². The van der Waals surface area contributed by atoms with E-state index >= 15 is 0 Å². The number of hydrogen-bond acceptors (Lipinski definition) is 7. The van der Waals surface area contributed by atoms with E-state index in [0.717, 1.165) is 14.6 Å². The summed E-state index contributed by atoms with van der Waals surface area (Å²) >= 11 is 2.85. The molecule has 0 unspecified atom stereocenters. The fraction of sp³-hybridized carbons (Fsp3) is 0.167. The number of hydrogen-bond donors (Lipinski definition) is 2. The molecule has 1 aliphatic rings. The molecule has 0 aliphatic carbocycles. The van der Waals surface area contributed by atoms with E-state index in [1.54, 1.807) is 18.2 Å². The van der Waals surface area contributed by atoms with E-state index in [-0.39, 0.29) is 18.3 Å². The van der Waals surface area contributed by atoms with Crippen LogP contribution in [0.4, 0.5) is 0 Å². The summed E-state index contributed by atoms with van der Waals surface area (Å²) in [6.45, 7) is 0.0825. The van der Waals surface area contributed by atoms with E-state index in [9.17, 15) is 9.59 Å². The molecule has 7 nitrogen and oxygen atoms in total. The van der Waals surface area contributed by atoms with Gasteiger partial charge in [-0.1, -0.05) is 36.0 Å². The summed E-state index contributed by atoms with van der Waals surface area (Å²) in [4.78, 5) is 28.6. The first-order valence-corrected chi connectivity index (χ1v) is 9.95. The molecular formula is C18H15N3O4S2. The van der Waals surface area contributed by atoms with Gasteiger partial charge < -0.3 is 9.47 Å². The number of carbonyl (C=O) groups is 2. The lowest BCUT2D eigenvalue weighted by Gasteiger charge is -2.25. The standard InChI is InChI=1S/C18H15N3O4S2/c22-16(10-26-18-19-11-5-1-4-8-15(11)27-18)20-21-17(23)14-9-24-12-6-2-3-7-13(12)25-14/h1-8,14H,9-10H2,(H,20,22)(H,21,23)/t14-/m0/s1. The van der Waals surface area contributed by atoms with Crippen LogP contribution in [-0.4, -0.2) is 35.3 Å². The van der Waals surface area contributed by atoms with Gasteiger partial charge in [0, 0.05) is 0 Å². The fourth-order valence-electron chi connectivity index (χ4n) is 2.44. The first-order valence-electron chi connectivity index (χ1n) is 8.14.